The van der Waals surface area contributed by atoms with Crippen LogP contribution in [-0.2, 0) is 14.8 Å². The number of nitrogens with one attached hydrogen (secondary N) is 1. The van der Waals surface area contributed by atoms with Gasteiger partial charge in [0.1, 0.15) is 0 Å². The quantitative estimate of drug-likeness (QED) is 0.673. The van der Waals surface area contributed by atoms with E-state index in [0.29, 0.717) is 35.9 Å². The monoisotopic (exact) mass is 466 g/mol. The molecule has 1 aliphatic heterocycles. The number of benzene rings is 2. The minimum Gasteiger partial charge on any atom is -0.493 e. The minimum atomic E-state index is -3.77. The Morgan fingerprint density at radius 2 is 1.81 bits per heavy atom. The summed E-state index contributed by atoms with van der Waals surface area (Å²) in [5.41, 5.74) is 0.934. The van der Waals surface area contributed by atoms with Gasteiger partial charge in [-0.3, -0.25) is 4.79 Å². The van der Waals surface area contributed by atoms with Gasteiger partial charge in [0.25, 0.3) is 0 Å². The summed E-state index contributed by atoms with van der Waals surface area (Å²) in [6, 6.07) is 11.6. The molecule has 2 aromatic rings. The molecule has 3 rings (SSSR count). The minimum absolute atomic E-state index is 0.112. The molecule has 168 valence electrons. The third-order valence-corrected chi connectivity index (χ3v) is 7.59. The standard InChI is InChI=1S/C22H27ClN2O5S/c1-15(16-6-8-18(23)9-7-16)24-22(26)17-5-4-12-25(14-17)31(27,28)19-10-11-20(29-2)21(13-19)30-3/h6-11,13,15,17H,4-5,12,14H2,1-3H3,(H,24,26). The van der Waals surface area contributed by atoms with Gasteiger partial charge in [0.15, 0.2) is 11.5 Å². The van der Waals surface area contributed by atoms with Gasteiger partial charge >= 0.3 is 0 Å². The van der Waals surface area contributed by atoms with Crippen molar-refractivity contribution in [3.05, 3.63) is 53.1 Å². The van der Waals surface area contributed by atoms with Crippen LogP contribution in [0.3, 0.4) is 0 Å². The van der Waals surface area contributed by atoms with Crippen LogP contribution in [0.1, 0.15) is 31.4 Å². The molecule has 1 fully saturated rings. The maximum absolute atomic E-state index is 13.2. The number of hydrogen-bond acceptors (Lipinski definition) is 5. The molecule has 0 spiro atoms. The third kappa shape index (κ3) is 5.31. The zero-order valence-electron chi connectivity index (χ0n) is 17.8. The van der Waals surface area contributed by atoms with E-state index in [1.54, 1.807) is 18.2 Å². The Hall–Kier alpha value is -2.29. The Bertz CT molecular complexity index is 1030. The van der Waals surface area contributed by atoms with Crippen LogP contribution in [0.25, 0.3) is 0 Å². The SMILES string of the molecule is COc1ccc(S(=O)(=O)N2CCCC(C(=O)NC(C)c3ccc(Cl)cc3)C2)cc1OC. The van der Waals surface area contributed by atoms with Crippen molar-refractivity contribution in [2.45, 2.75) is 30.7 Å². The van der Waals surface area contributed by atoms with Crippen molar-refractivity contribution >= 4 is 27.5 Å². The van der Waals surface area contributed by atoms with Crippen LogP contribution in [0.15, 0.2) is 47.4 Å². The average molecular weight is 467 g/mol. The average Bonchev–Trinajstić information content (AvgIpc) is 2.78. The second-order valence-electron chi connectivity index (χ2n) is 7.50. The summed E-state index contributed by atoms with van der Waals surface area (Å²) in [4.78, 5) is 13.0. The van der Waals surface area contributed by atoms with Gasteiger partial charge in [0, 0.05) is 24.2 Å². The number of halogens is 1. The van der Waals surface area contributed by atoms with Crippen molar-refractivity contribution < 1.29 is 22.7 Å². The first kappa shape index (κ1) is 23.4. The number of carbonyl (C=O) groups is 1. The number of rotatable bonds is 7. The summed E-state index contributed by atoms with van der Waals surface area (Å²) in [7, 11) is -0.822. The summed E-state index contributed by atoms with van der Waals surface area (Å²) in [6.07, 6.45) is 1.25. The fourth-order valence-electron chi connectivity index (χ4n) is 3.67. The van der Waals surface area contributed by atoms with Crippen molar-refractivity contribution in [1.82, 2.24) is 9.62 Å². The number of piperidine rings is 1. The van der Waals surface area contributed by atoms with E-state index in [1.165, 1.54) is 30.7 Å². The van der Waals surface area contributed by atoms with Crippen LogP contribution in [-0.4, -0.2) is 45.9 Å². The Morgan fingerprint density at radius 1 is 1.13 bits per heavy atom. The maximum atomic E-state index is 13.2. The molecule has 9 heteroatoms. The predicted octanol–water partition coefficient (Wildman–Crippen LogP) is 3.64. The molecule has 1 saturated heterocycles. The van der Waals surface area contributed by atoms with Crippen LogP contribution in [0.5, 0.6) is 11.5 Å². The van der Waals surface area contributed by atoms with Crippen molar-refractivity contribution in [2.75, 3.05) is 27.3 Å². The molecule has 2 unspecified atom stereocenters. The number of ether oxygens (including phenoxy) is 2. The van der Waals surface area contributed by atoms with Crippen LogP contribution < -0.4 is 14.8 Å². The molecular formula is C22H27ClN2O5S. The molecule has 2 atom stereocenters. The van der Waals surface area contributed by atoms with Crippen LogP contribution >= 0.6 is 11.6 Å². The van der Waals surface area contributed by atoms with Crippen molar-refractivity contribution in [2.24, 2.45) is 5.92 Å². The molecule has 2 aromatic carbocycles. The second-order valence-corrected chi connectivity index (χ2v) is 9.88. The zero-order chi connectivity index (χ0) is 22.6. The van der Waals surface area contributed by atoms with Crippen LogP contribution in [0.4, 0.5) is 0 Å². The molecule has 0 radical (unpaired) electrons. The first-order chi connectivity index (χ1) is 14.8. The summed E-state index contributed by atoms with van der Waals surface area (Å²) in [6.45, 7) is 2.39. The lowest BCUT2D eigenvalue weighted by Crippen LogP contribution is -2.45. The van der Waals surface area contributed by atoms with E-state index in [-0.39, 0.29) is 23.4 Å². The van der Waals surface area contributed by atoms with Crippen molar-refractivity contribution in [3.63, 3.8) is 0 Å². The number of hydrogen-bond donors (Lipinski definition) is 1. The van der Waals surface area contributed by atoms with Gasteiger partial charge in [-0.25, -0.2) is 8.42 Å². The molecule has 0 saturated carbocycles. The predicted molar refractivity (Wildman–Crippen MR) is 119 cm³/mol. The molecule has 0 aliphatic carbocycles. The molecule has 1 amide bonds. The van der Waals surface area contributed by atoms with E-state index in [4.69, 9.17) is 21.1 Å². The van der Waals surface area contributed by atoms with Gasteiger partial charge in [-0.05, 0) is 49.6 Å². The molecule has 31 heavy (non-hydrogen) atoms. The number of nitrogens with zero attached hydrogens (tertiary/aromatic N) is 1. The Kier molecular flexibility index (Phi) is 7.46. The molecule has 0 aromatic heterocycles. The molecule has 0 bridgehead atoms. The zero-order valence-corrected chi connectivity index (χ0v) is 19.4. The van der Waals surface area contributed by atoms with Gasteiger partial charge in [-0.2, -0.15) is 4.31 Å². The van der Waals surface area contributed by atoms with E-state index in [0.717, 1.165) is 5.56 Å². The van der Waals surface area contributed by atoms with E-state index < -0.39 is 15.9 Å². The van der Waals surface area contributed by atoms with Gasteiger partial charge in [0.2, 0.25) is 15.9 Å². The molecular weight excluding hydrogens is 440 g/mol. The molecule has 1 aliphatic rings. The summed E-state index contributed by atoms with van der Waals surface area (Å²) < 4.78 is 38.2. The number of amides is 1. The fraction of sp³-hybridized carbons (Fsp3) is 0.409. The highest BCUT2D eigenvalue weighted by Gasteiger charge is 2.34. The summed E-state index contributed by atoms with van der Waals surface area (Å²) in [5, 5.41) is 3.62. The first-order valence-electron chi connectivity index (χ1n) is 10.0. The Morgan fingerprint density at radius 3 is 2.45 bits per heavy atom. The highest BCUT2D eigenvalue weighted by molar-refractivity contribution is 7.89. The topological polar surface area (TPSA) is 84.9 Å². The van der Waals surface area contributed by atoms with Gasteiger partial charge in [-0.1, -0.05) is 23.7 Å². The van der Waals surface area contributed by atoms with Crippen LogP contribution in [0, 0.1) is 5.92 Å². The lowest BCUT2D eigenvalue weighted by Gasteiger charge is -2.32. The van der Waals surface area contributed by atoms with Gasteiger partial charge in [-0.15, -0.1) is 0 Å². The van der Waals surface area contributed by atoms with E-state index in [1.807, 2.05) is 19.1 Å². The summed E-state index contributed by atoms with van der Waals surface area (Å²) in [5.74, 6) is 0.216. The lowest BCUT2D eigenvalue weighted by atomic mass is 9.98. The van der Waals surface area contributed by atoms with Crippen molar-refractivity contribution in [1.29, 1.82) is 0 Å². The smallest absolute Gasteiger partial charge is 0.243 e. The molecule has 7 nitrogen and oxygen atoms in total. The number of methoxy groups -OCH3 is 2. The lowest BCUT2D eigenvalue weighted by molar-refractivity contribution is -0.126. The number of carbonyl (C=O) groups excluding carboxylic acids is 1. The first-order valence-corrected chi connectivity index (χ1v) is 11.9. The van der Waals surface area contributed by atoms with Gasteiger partial charge in [0.05, 0.1) is 31.1 Å². The normalized spacial score (nSPS) is 18.3. The number of sulfonamides is 1. The molecule has 1 heterocycles. The highest BCUT2D eigenvalue weighted by Crippen LogP contribution is 2.32. The fourth-order valence-corrected chi connectivity index (χ4v) is 5.33. The third-order valence-electron chi connectivity index (χ3n) is 5.48. The Labute approximate surface area is 188 Å². The van der Waals surface area contributed by atoms with E-state index >= 15 is 0 Å². The van der Waals surface area contributed by atoms with E-state index in [9.17, 15) is 13.2 Å². The molecule has 1 N–H and O–H groups in total. The van der Waals surface area contributed by atoms with Gasteiger partial charge < -0.3 is 14.8 Å². The van der Waals surface area contributed by atoms with E-state index in [2.05, 4.69) is 5.32 Å². The second kappa shape index (κ2) is 9.89. The van der Waals surface area contributed by atoms with Crippen molar-refractivity contribution in [3.8, 4) is 11.5 Å². The summed E-state index contributed by atoms with van der Waals surface area (Å²) >= 11 is 5.92. The Balaban J connectivity index is 1.71. The highest BCUT2D eigenvalue weighted by atomic mass is 35.5. The largest absolute Gasteiger partial charge is 0.493 e. The van der Waals surface area contributed by atoms with Crippen LogP contribution in [0.2, 0.25) is 5.02 Å². The maximum Gasteiger partial charge on any atom is 0.243 e.